The Labute approximate surface area is 131 Å². The number of nitrogens with one attached hydrogen (secondary N) is 2. The first kappa shape index (κ1) is 14.1. The summed E-state index contributed by atoms with van der Waals surface area (Å²) in [6.45, 7) is 0.461. The fourth-order valence-electron chi connectivity index (χ4n) is 2.60. The second kappa shape index (κ2) is 5.89. The zero-order valence-electron chi connectivity index (χ0n) is 11.8. The Kier molecular flexibility index (Phi) is 3.96. The Hall–Kier alpha value is -1.82. The molecule has 0 saturated heterocycles. The molecule has 1 heterocycles. The SMILES string of the molecule is Cn1cc(CNC(=O)Nc2cc3c(cc2Br)CCC3)cn1. The number of carbonyl (C=O) groups excluding carboxylic acids is 1. The van der Waals surface area contributed by atoms with Gasteiger partial charge in [0.2, 0.25) is 0 Å². The van der Waals surface area contributed by atoms with Crippen molar-refractivity contribution in [3.8, 4) is 0 Å². The molecular weight excluding hydrogens is 332 g/mol. The third-order valence-corrected chi connectivity index (χ3v) is 4.30. The number of aryl methyl sites for hydroxylation is 3. The van der Waals surface area contributed by atoms with Gasteiger partial charge >= 0.3 is 6.03 Å². The molecule has 0 radical (unpaired) electrons. The van der Waals surface area contributed by atoms with E-state index in [2.05, 4.69) is 43.8 Å². The maximum Gasteiger partial charge on any atom is 0.319 e. The van der Waals surface area contributed by atoms with Crippen molar-refractivity contribution in [3.05, 3.63) is 45.7 Å². The highest BCUT2D eigenvalue weighted by Crippen LogP contribution is 2.31. The van der Waals surface area contributed by atoms with Crippen LogP contribution in [0.1, 0.15) is 23.1 Å². The summed E-state index contributed by atoms with van der Waals surface area (Å²) in [5, 5.41) is 9.79. The first-order valence-corrected chi connectivity index (χ1v) is 7.75. The molecule has 3 rings (SSSR count). The lowest BCUT2D eigenvalue weighted by Crippen LogP contribution is -2.28. The third-order valence-electron chi connectivity index (χ3n) is 3.64. The number of amides is 2. The zero-order chi connectivity index (χ0) is 14.8. The molecule has 2 aromatic rings. The molecule has 0 spiro atoms. The van der Waals surface area contributed by atoms with E-state index >= 15 is 0 Å². The molecule has 110 valence electrons. The molecular formula is C15H17BrN4O. The van der Waals surface area contributed by atoms with Crippen LogP contribution >= 0.6 is 15.9 Å². The maximum atomic E-state index is 12.0. The summed E-state index contributed by atoms with van der Waals surface area (Å²) in [6.07, 6.45) is 7.03. The largest absolute Gasteiger partial charge is 0.334 e. The highest BCUT2D eigenvalue weighted by molar-refractivity contribution is 9.10. The van der Waals surface area contributed by atoms with Gasteiger partial charge in [-0.15, -0.1) is 0 Å². The fourth-order valence-corrected chi connectivity index (χ4v) is 3.09. The number of nitrogens with zero attached hydrogens (tertiary/aromatic N) is 2. The van der Waals surface area contributed by atoms with Crippen molar-refractivity contribution >= 4 is 27.6 Å². The molecule has 0 atom stereocenters. The molecule has 0 aliphatic heterocycles. The Morgan fingerprint density at radius 2 is 2.14 bits per heavy atom. The average molecular weight is 349 g/mol. The van der Waals surface area contributed by atoms with Crippen molar-refractivity contribution in [1.82, 2.24) is 15.1 Å². The minimum atomic E-state index is -0.211. The predicted molar refractivity (Wildman–Crippen MR) is 85.2 cm³/mol. The van der Waals surface area contributed by atoms with Gasteiger partial charge in [0, 0.05) is 29.8 Å². The van der Waals surface area contributed by atoms with E-state index in [1.807, 2.05) is 13.2 Å². The molecule has 5 nitrogen and oxygen atoms in total. The first-order valence-electron chi connectivity index (χ1n) is 6.95. The highest BCUT2D eigenvalue weighted by atomic mass is 79.9. The van der Waals surface area contributed by atoms with E-state index in [4.69, 9.17) is 0 Å². The van der Waals surface area contributed by atoms with Crippen molar-refractivity contribution in [2.45, 2.75) is 25.8 Å². The van der Waals surface area contributed by atoms with E-state index < -0.39 is 0 Å². The van der Waals surface area contributed by atoms with E-state index in [-0.39, 0.29) is 6.03 Å². The number of rotatable bonds is 3. The minimum absolute atomic E-state index is 0.211. The minimum Gasteiger partial charge on any atom is -0.334 e. The Morgan fingerprint density at radius 1 is 1.38 bits per heavy atom. The molecule has 2 amide bonds. The molecule has 0 fully saturated rings. The van der Waals surface area contributed by atoms with E-state index in [1.54, 1.807) is 10.9 Å². The molecule has 0 saturated carbocycles. The van der Waals surface area contributed by atoms with Crippen LogP contribution in [-0.2, 0) is 26.4 Å². The van der Waals surface area contributed by atoms with Crippen LogP contribution in [0.5, 0.6) is 0 Å². The van der Waals surface area contributed by atoms with Gasteiger partial charge in [0.15, 0.2) is 0 Å². The lowest BCUT2D eigenvalue weighted by atomic mass is 10.1. The Balaban J connectivity index is 1.62. The smallest absolute Gasteiger partial charge is 0.319 e. The third kappa shape index (κ3) is 3.26. The number of benzene rings is 1. The number of hydrogen-bond donors (Lipinski definition) is 2. The molecule has 1 aromatic carbocycles. The zero-order valence-corrected chi connectivity index (χ0v) is 13.4. The Morgan fingerprint density at radius 3 is 2.86 bits per heavy atom. The number of carbonyl (C=O) groups is 1. The van der Waals surface area contributed by atoms with Crippen molar-refractivity contribution in [1.29, 1.82) is 0 Å². The van der Waals surface area contributed by atoms with E-state index in [9.17, 15) is 4.79 Å². The fraction of sp³-hybridized carbons (Fsp3) is 0.333. The normalized spacial score (nSPS) is 13.0. The van der Waals surface area contributed by atoms with Gasteiger partial charge in [-0.2, -0.15) is 5.10 Å². The molecule has 1 aliphatic rings. The van der Waals surface area contributed by atoms with Crippen LogP contribution in [0, 0.1) is 0 Å². The number of hydrogen-bond acceptors (Lipinski definition) is 2. The highest BCUT2D eigenvalue weighted by Gasteiger charge is 2.14. The summed E-state index contributed by atoms with van der Waals surface area (Å²) in [5.74, 6) is 0. The second-order valence-electron chi connectivity index (χ2n) is 5.28. The monoisotopic (exact) mass is 348 g/mol. The van der Waals surface area contributed by atoms with Gasteiger partial charge in [-0.3, -0.25) is 4.68 Å². The number of urea groups is 1. The van der Waals surface area contributed by atoms with Crippen molar-refractivity contribution in [2.24, 2.45) is 7.05 Å². The molecule has 21 heavy (non-hydrogen) atoms. The van der Waals surface area contributed by atoms with Crippen molar-refractivity contribution in [2.75, 3.05) is 5.32 Å². The lowest BCUT2D eigenvalue weighted by Gasteiger charge is -2.11. The van der Waals surface area contributed by atoms with Crippen LogP contribution in [0.4, 0.5) is 10.5 Å². The quantitative estimate of drug-likeness (QED) is 0.895. The summed E-state index contributed by atoms with van der Waals surface area (Å²) in [7, 11) is 1.85. The van der Waals surface area contributed by atoms with E-state index in [0.717, 1.165) is 28.6 Å². The van der Waals surface area contributed by atoms with Crippen molar-refractivity contribution in [3.63, 3.8) is 0 Å². The lowest BCUT2D eigenvalue weighted by molar-refractivity contribution is 0.251. The number of anilines is 1. The predicted octanol–water partition coefficient (Wildman–Crippen LogP) is 2.99. The van der Waals surface area contributed by atoms with Crippen LogP contribution in [0.25, 0.3) is 0 Å². The summed E-state index contributed by atoms with van der Waals surface area (Å²) in [6, 6.07) is 3.97. The summed E-state index contributed by atoms with van der Waals surface area (Å²) >= 11 is 3.52. The van der Waals surface area contributed by atoms with Gasteiger partial charge in [-0.1, -0.05) is 0 Å². The maximum absolute atomic E-state index is 12.0. The second-order valence-corrected chi connectivity index (χ2v) is 6.14. The van der Waals surface area contributed by atoms with Gasteiger partial charge in [0.25, 0.3) is 0 Å². The molecule has 0 bridgehead atoms. The van der Waals surface area contributed by atoms with Crippen molar-refractivity contribution < 1.29 is 4.79 Å². The van der Waals surface area contributed by atoms with Gasteiger partial charge in [-0.25, -0.2) is 4.79 Å². The van der Waals surface area contributed by atoms with Gasteiger partial charge < -0.3 is 10.6 Å². The van der Waals surface area contributed by atoms with E-state index in [0.29, 0.717) is 6.54 Å². The molecule has 0 unspecified atom stereocenters. The molecule has 1 aliphatic carbocycles. The topological polar surface area (TPSA) is 59.0 Å². The van der Waals surface area contributed by atoms with Gasteiger partial charge in [0.1, 0.15) is 0 Å². The molecule has 1 aromatic heterocycles. The molecule has 2 N–H and O–H groups in total. The van der Waals surface area contributed by atoms with Gasteiger partial charge in [-0.05, 0) is 58.5 Å². The van der Waals surface area contributed by atoms with Crippen LogP contribution in [0.3, 0.4) is 0 Å². The number of fused-ring (bicyclic) bond motifs is 1. The average Bonchev–Trinajstić information content (AvgIpc) is 3.05. The number of aromatic nitrogens is 2. The van der Waals surface area contributed by atoms with Crippen LogP contribution in [0.2, 0.25) is 0 Å². The van der Waals surface area contributed by atoms with Crippen LogP contribution < -0.4 is 10.6 Å². The molecule has 6 heteroatoms. The van der Waals surface area contributed by atoms with Crippen LogP contribution in [0.15, 0.2) is 29.0 Å². The van der Waals surface area contributed by atoms with Crippen LogP contribution in [-0.4, -0.2) is 15.8 Å². The Bertz CT molecular complexity index is 680. The summed E-state index contributed by atoms with van der Waals surface area (Å²) in [4.78, 5) is 12.0. The standard InChI is InChI=1S/C15H17BrN4O/c1-20-9-10(8-18-20)7-17-15(21)19-14-6-12-4-2-3-11(12)5-13(14)16/h5-6,8-9H,2-4,7H2,1H3,(H2,17,19,21). The van der Waals surface area contributed by atoms with E-state index in [1.165, 1.54) is 17.5 Å². The summed E-state index contributed by atoms with van der Waals surface area (Å²) in [5.41, 5.74) is 4.50. The number of halogens is 1. The van der Waals surface area contributed by atoms with Gasteiger partial charge in [0.05, 0.1) is 11.9 Å². The summed E-state index contributed by atoms with van der Waals surface area (Å²) < 4.78 is 2.64. The first-order chi connectivity index (χ1) is 10.1.